The number of fused-ring (bicyclic) bond motifs is 1. The van der Waals surface area contributed by atoms with Gasteiger partial charge in [0.05, 0.1) is 16.5 Å². The number of halogens is 3. The lowest BCUT2D eigenvalue weighted by Crippen LogP contribution is -2.27. The van der Waals surface area contributed by atoms with Crippen LogP contribution < -0.4 is 10.3 Å². The van der Waals surface area contributed by atoms with E-state index >= 15 is 0 Å². The number of hydrogen-bond acceptors (Lipinski definition) is 6. The summed E-state index contributed by atoms with van der Waals surface area (Å²) in [6, 6.07) is 15.5. The molecule has 0 spiro atoms. The molecule has 0 saturated carbocycles. The highest BCUT2D eigenvalue weighted by molar-refractivity contribution is 8.26. The fourth-order valence-corrected chi connectivity index (χ4v) is 5.17. The van der Waals surface area contributed by atoms with Crippen LogP contribution in [0.5, 0.6) is 11.6 Å². The Morgan fingerprint density at radius 3 is 2.61 bits per heavy atom. The quantitative estimate of drug-likeness (QED) is 0.211. The maximum Gasteiger partial charge on any atom is 0.269 e. The molecule has 3 heterocycles. The van der Waals surface area contributed by atoms with E-state index in [0.29, 0.717) is 20.6 Å². The van der Waals surface area contributed by atoms with Gasteiger partial charge in [0.1, 0.15) is 27.1 Å². The molecule has 0 unspecified atom stereocenters. The van der Waals surface area contributed by atoms with Gasteiger partial charge in [0.15, 0.2) is 0 Å². The first-order chi connectivity index (χ1) is 17.3. The second kappa shape index (κ2) is 10.0. The van der Waals surface area contributed by atoms with Crippen molar-refractivity contribution in [2.45, 2.75) is 6.54 Å². The van der Waals surface area contributed by atoms with Crippen molar-refractivity contribution in [3.63, 3.8) is 0 Å². The molecule has 11 heteroatoms. The molecule has 36 heavy (non-hydrogen) atoms. The van der Waals surface area contributed by atoms with Crippen molar-refractivity contribution in [2.24, 2.45) is 0 Å². The molecule has 1 fully saturated rings. The van der Waals surface area contributed by atoms with Crippen LogP contribution in [0, 0.1) is 5.82 Å². The molecule has 0 aliphatic carbocycles. The predicted octanol–water partition coefficient (Wildman–Crippen LogP) is 6.33. The van der Waals surface area contributed by atoms with Gasteiger partial charge < -0.3 is 4.74 Å². The Labute approximate surface area is 223 Å². The first-order valence-corrected chi connectivity index (χ1v) is 12.4. The number of carbonyl (C=O) groups excluding carboxylic acids is 1. The van der Waals surface area contributed by atoms with Crippen molar-refractivity contribution in [1.82, 2.24) is 14.3 Å². The maximum atomic E-state index is 13.4. The molecule has 2 aromatic heterocycles. The number of thioether (sulfide) groups is 1. The summed E-state index contributed by atoms with van der Waals surface area (Å²) in [6.45, 7) is 0.168. The van der Waals surface area contributed by atoms with Crippen LogP contribution in [0.25, 0.3) is 11.7 Å². The number of aromatic nitrogens is 2. The summed E-state index contributed by atoms with van der Waals surface area (Å²) in [7, 11) is 0. The third-order valence-electron chi connectivity index (χ3n) is 5.24. The van der Waals surface area contributed by atoms with E-state index in [1.165, 1.54) is 33.6 Å². The van der Waals surface area contributed by atoms with Gasteiger partial charge in [-0.25, -0.2) is 4.39 Å². The number of carbonyl (C=O) groups is 1. The Bertz CT molecular complexity index is 1620. The molecule has 0 N–H and O–H groups in total. The van der Waals surface area contributed by atoms with Gasteiger partial charge in [-0.1, -0.05) is 65.4 Å². The summed E-state index contributed by atoms with van der Waals surface area (Å²) in [4.78, 5) is 32.7. The molecule has 2 aromatic carbocycles. The zero-order valence-corrected chi connectivity index (χ0v) is 21.3. The smallest absolute Gasteiger partial charge is 0.269 e. The lowest BCUT2D eigenvalue weighted by Gasteiger charge is -2.14. The summed E-state index contributed by atoms with van der Waals surface area (Å²) >= 11 is 18.7. The van der Waals surface area contributed by atoms with E-state index < -0.39 is 5.56 Å². The first-order valence-electron chi connectivity index (χ1n) is 10.4. The number of thiocarbonyl (C=S) groups is 1. The summed E-state index contributed by atoms with van der Waals surface area (Å²) in [6.07, 6.45) is 2.98. The molecule has 180 valence electrons. The normalized spacial score (nSPS) is 14.8. The van der Waals surface area contributed by atoms with Crippen LogP contribution in [0.4, 0.5) is 4.39 Å². The van der Waals surface area contributed by atoms with Crippen LogP contribution in [0.2, 0.25) is 10.0 Å². The fraction of sp³-hybridized carbons (Fsp3) is 0.0400. The van der Waals surface area contributed by atoms with Crippen LogP contribution >= 0.6 is 47.2 Å². The Balaban J connectivity index is 1.56. The highest BCUT2D eigenvalue weighted by atomic mass is 35.5. The predicted molar refractivity (Wildman–Crippen MR) is 143 cm³/mol. The van der Waals surface area contributed by atoms with E-state index in [2.05, 4.69) is 4.98 Å². The Morgan fingerprint density at radius 1 is 1.08 bits per heavy atom. The van der Waals surface area contributed by atoms with Gasteiger partial charge in [-0.05, 0) is 54.1 Å². The zero-order valence-electron chi connectivity index (χ0n) is 18.2. The maximum absolute atomic E-state index is 13.4. The number of rotatable bonds is 5. The van der Waals surface area contributed by atoms with Crippen molar-refractivity contribution in [1.29, 1.82) is 0 Å². The second-order valence-electron chi connectivity index (χ2n) is 7.64. The first kappa shape index (κ1) is 24.5. The molecule has 1 amide bonds. The van der Waals surface area contributed by atoms with Crippen LogP contribution in [0.15, 0.2) is 76.6 Å². The minimum atomic E-state index is -0.440. The molecule has 0 atom stereocenters. The fourth-order valence-electron chi connectivity index (χ4n) is 3.49. The molecule has 0 bridgehead atoms. The van der Waals surface area contributed by atoms with Gasteiger partial charge in [-0.3, -0.25) is 18.9 Å². The van der Waals surface area contributed by atoms with E-state index in [4.69, 9.17) is 40.2 Å². The lowest BCUT2D eigenvalue weighted by molar-refractivity contribution is -0.122. The van der Waals surface area contributed by atoms with Crippen molar-refractivity contribution < 1.29 is 13.9 Å². The third-order valence-corrected chi connectivity index (χ3v) is 7.15. The van der Waals surface area contributed by atoms with Crippen molar-refractivity contribution >= 4 is 69.1 Å². The monoisotopic (exact) mass is 557 g/mol. The van der Waals surface area contributed by atoms with Gasteiger partial charge in [-0.15, -0.1) is 0 Å². The van der Waals surface area contributed by atoms with Crippen molar-refractivity contribution in [3.05, 3.63) is 109 Å². The number of nitrogens with zero attached hydrogens (tertiary/aromatic N) is 3. The number of amides is 1. The van der Waals surface area contributed by atoms with E-state index in [1.54, 1.807) is 48.7 Å². The molecule has 1 saturated heterocycles. The molecule has 4 aromatic rings. The SMILES string of the molecule is O=C1/C(=C\c2c(Oc3ccc(Cl)cc3Cl)nc3ccccn3c2=O)SC(=S)N1Cc1ccc(F)cc1. The minimum Gasteiger partial charge on any atom is -0.437 e. The minimum absolute atomic E-state index is 0.0285. The van der Waals surface area contributed by atoms with Gasteiger partial charge in [-0.2, -0.15) is 4.98 Å². The standard InChI is InChI=1S/C25H14Cl2FN3O3S2/c26-15-6-9-19(18(27)11-15)34-22-17(23(32)30-10-2-1-3-21(30)29-22)12-20-24(33)31(25(35)36-20)13-14-4-7-16(28)8-5-14/h1-12H,13H2/b20-12+. The van der Waals surface area contributed by atoms with Crippen molar-refractivity contribution in [3.8, 4) is 11.6 Å². The van der Waals surface area contributed by atoms with E-state index in [1.807, 2.05) is 0 Å². The topological polar surface area (TPSA) is 63.9 Å². The highest BCUT2D eigenvalue weighted by Gasteiger charge is 2.33. The van der Waals surface area contributed by atoms with Crippen LogP contribution in [-0.2, 0) is 11.3 Å². The van der Waals surface area contributed by atoms with Gasteiger partial charge in [0, 0.05) is 11.2 Å². The van der Waals surface area contributed by atoms with Gasteiger partial charge in [0.2, 0.25) is 5.88 Å². The van der Waals surface area contributed by atoms with E-state index in [0.717, 1.165) is 11.8 Å². The molecule has 0 radical (unpaired) electrons. The molecular weight excluding hydrogens is 544 g/mol. The average molecular weight is 558 g/mol. The lowest BCUT2D eigenvalue weighted by atomic mass is 10.2. The number of hydrogen-bond donors (Lipinski definition) is 0. The molecule has 1 aliphatic rings. The van der Waals surface area contributed by atoms with Gasteiger partial charge in [0.25, 0.3) is 11.5 Å². The largest absolute Gasteiger partial charge is 0.437 e. The Morgan fingerprint density at radius 2 is 1.86 bits per heavy atom. The average Bonchev–Trinajstić information content (AvgIpc) is 3.12. The Hall–Kier alpha value is -3.24. The molecule has 6 nitrogen and oxygen atoms in total. The summed E-state index contributed by atoms with van der Waals surface area (Å²) < 4.78 is 20.9. The Kier molecular flexibility index (Phi) is 6.81. The van der Waals surface area contributed by atoms with Crippen LogP contribution in [0.3, 0.4) is 0 Å². The number of ether oxygens (including phenoxy) is 1. The van der Waals surface area contributed by atoms with Crippen LogP contribution in [0.1, 0.15) is 11.1 Å². The highest BCUT2D eigenvalue weighted by Crippen LogP contribution is 2.36. The van der Waals surface area contributed by atoms with Crippen LogP contribution in [-0.4, -0.2) is 24.5 Å². The summed E-state index contributed by atoms with van der Waals surface area (Å²) in [5.41, 5.74) is 0.669. The number of benzene rings is 2. The number of pyridine rings is 1. The van der Waals surface area contributed by atoms with E-state index in [9.17, 15) is 14.0 Å². The van der Waals surface area contributed by atoms with E-state index in [-0.39, 0.29) is 45.4 Å². The van der Waals surface area contributed by atoms with Crippen molar-refractivity contribution in [2.75, 3.05) is 0 Å². The molecule has 1 aliphatic heterocycles. The molecular formula is C25H14Cl2FN3O3S2. The molecule has 5 rings (SSSR count). The summed E-state index contributed by atoms with van der Waals surface area (Å²) in [5, 5.41) is 0.651. The zero-order chi connectivity index (χ0) is 25.4. The third kappa shape index (κ3) is 4.87. The summed E-state index contributed by atoms with van der Waals surface area (Å²) in [5.74, 6) is -0.546. The van der Waals surface area contributed by atoms with Gasteiger partial charge >= 0.3 is 0 Å². The second-order valence-corrected chi connectivity index (χ2v) is 10.2.